The van der Waals surface area contributed by atoms with Crippen LogP contribution in [-0.2, 0) is 6.61 Å². The predicted octanol–water partition coefficient (Wildman–Crippen LogP) is 4.30. The first-order chi connectivity index (χ1) is 9.74. The minimum absolute atomic E-state index is 0.400. The second kappa shape index (κ2) is 6.97. The van der Waals surface area contributed by atoms with Crippen molar-refractivity contribution >= 4 is 15.9 Å². The summed E-state index contributed by atoms with van der Waals surface area (Å²) in [6, 6.07) is 15.5. The first-order valence-corrected chi connectivity index (χ1v) is 7.07. The molecule has 0 atom stereocenters. The summed E-state index contributed by atoms with van der Waals surface area (Å²) in [6.07, 6.45) is 0. The number of halogens is 1. The maximum atomic E-state index is 9.23. The van der Waals surface area contributed by atoms with E-state index in [1.54, 1.807) is 6.07 Å². The van der Waals surface area contributed by atoms with Gasteiger partial charge >= 0.3 is 0 Å². The van der Waals surface area contributed by atoms with Crippen molar-refractivity contribution in [2.24, 2.45) is 0 Å². The molecule has 2 aromatic rings. The lowest BCUT2D eigenvalue weighted by molar-refractivity contribution is 0.268. The Balaban J connectivity index is 2.27. The number of nitrogens with zero attached hydrogens (tertiary/aromatic N) is 1. The Morgan fingerprint density at radius 3 is 2.55 bits per heavy atom. The molecule has 0 radical (unpaired) electrons. The van der Waals surface area contributed by atoms with Gasteiger partial charge in [-0.15, -0.1) is 0 Å². The first kappa shape index (κ1) is 14.4. The third-order valence-electron chi connectivity index (χ3n) is 2.67. The zero-order valence-electron chi connectivity index (χ0n) is 11.1. The van der Waals surface area contributed by atoms with E-state index in [1.165, 1.54) is 0 Å². The summed E-state index contributed by atoms with van der Waals surface area (Å²) in [7, 11) is 0. The van der Waals surface area contributed by atoms with Gasteiger partial charge < -0.3 is 9.47 Å². The molecule has 0 aliphatic carbocycles. The lowest BCUT2D eigenvalue weighted by Crippen LogP contribution is -2.01. The summed E-state index contributed by atoms with van der Waals surface area (Å²) in [6.45, 7) is 2.81. The van der Waals surface area contributed by atoms with Crippen molar-refractivity contribution in [1.82, 2.24) is 0 Å². The van der Waals surface area contributed by atoms with E-state index in [2.05, 4.69) is 22.0 Å². The smallest absolute Gasteiger partial charge is 0.179 e. The van der Waals surface area contributed by atoms with Crippen LogP contribution in [0.1, 0.15) is 18.1 Å². The molecule has 0 spiro atoms. The predicted molar refractivity (Wildman–Crippen MR) is 80.8 cm³/mol. The molecule has 0 heterocycles. The highest BCUT2D eigenvalue weighted by atomic mass is 79.9. The van der Waals surface area contributed by atoms with Crippen LogP contribution < -0.4 is 9.47 Å². The summed E-state index contributed by atoms with van der Waals surface area (Å²) in [5, 5.41) is 9.23. The van der Waals surface area contributed by atoms with Crippen molar-refractivity contribution in [3.8, 4) is 17.6 Å². The fourth-order valence-electron chi connectivity index (χ4n) is 1.79. The average Bonchev–Trinajstić information content (AvgIpc) is 2.47. The van der Waals surface area contributed by atoms with Crippen LogP contribution in [0.15, 0.2) is 46.9 Å². The van der Waals surface area contributed by atoms with Gasteiger partial charge in [-0.1, -0.05) is 46.3 Å². The van der Waals surface area contributed by atoms with E-state index >= 15 is 0 Å². The molecule has 4 heteroatoms. The molecule has 0 aliphatic rings. The van der Waals surface area contributed by atoms with Crippen molar-refractivity contribution in [3.63, 3.8) is 0 Å². The molecule has 0 amide bonds. The fraction of sp³-hybridized carbons (Fsp3) is 0.188. The minimum Gasteiger partial charge on any atom is -0.490 e. The Morgan fingerprint density at radius 1 is 1.15 bits per heavy atom. The Hall–Kier alpha value is -1.99. The third kappa shape index (κ3) is 3.52. The Morgan fingerprint density at radius 2 is 1.90 bits per heavy atom. The highest BCUT2D eigenvalue weighted by molar-refractivity contribution is 9.10. The largest absolute Gasteiger partial charge is 0.490 e. The number of ether oxygens (including phenoxy) is 2. The molecule has 0 N–H and O–H groups in total. The van der Waals surface area contributed by atoms with E-state index in [0.717, 1.165) is 10.0 Å². The second-order valence-corrected chi connectivity index (χ2v) is 5.02. The fourth-order valence-corrected chi connectivity index (χ4v) is 2.23. The van der Waals surface area contributed by atoms with Crippen LogP contribution in [0.25, 0.3) is 0 Å². The molecule has 0 unspecified atom stereocenters. The number of benzene rings is 2. The molecule has 3 nitrogen and oxygen atoms in total. The van der Waals surface area contributed by atoms with Gasteiger partial charge in [-0.25, -0.2) is 0 Å². The summed E-state index contributed by atoms with van der Waals surface area (Å²) in [5.74, 6) is 1.07. The van der Waals surface area contributed by atoms with E-state index in [4.69, 9.17) is 9.47 Å². The van der Waals surface area contributed by atoms with Crippen molar-refractivity contribution in [2.75, 3.05) is 6.61 Å². The van der Waals surface area contributed by atoms with Crippen LogP contribution in [0, 0.1) is 11.3 Å². The molecule has 0 saturated heterocycles. The van der Waals surface area contributed by atoms with Gasteiger partial charge in [-0.3, -0.25) is 0 Å². The van der Waals surface area contributed by atoms with Gasteiger partial charge in [-0.2, -0.15) is 5.26 Å². The molecule has 2 aromatic carbocycles. The molecule has 0 aromatic heterocycles. The standard InChI is InChI=1S/C16H14BrNO2/c1-2-19-15-9-14(17)8-13(10-18)16(15)20-11-12-6-4-3-5-7-12/h3-9H,2,11H2,1H3. The molecule has 0 saturated carbocycles. The zero-order chi connectivity index (χ0) is 14.4. The van der Waals surface area contributed by atoms with Crippen molar-refractivity contribution in [3.05, 3.63) is 58.1 Å². The van der Waals surface area contributed by atoms with Gasteiger partial charge in [0.25, 0.3) is 0 Å². The van der Waals surface area contributed by atoms with Crippen molar-refractivity contribution in [2.45, 2.75) is 13.5 Å². The molecular formula is C16H14BrNO2. The molecule has 2 rings (SSSR count). The monoisotopic (exact) mass is 331 g/mol. The lowest BCUT2D eigenvalue weighted by Gasteiger charge is -2.14. The summed E-state index contributed by atoms with van der Waals surface area (Å²) in [5.41, 5.74) is 1.50. The summed E-state index contributed by atoms with van der Waals surface area (Å²) in [4.78, 5) is 0. The maximum Gasteiger partial charge on any atom is 0.179 e. The SMILES string of the molecule is CCOc1cc(Br)cc(C#N)c1OCc1ccccc1. The van der Waals surface area contributed by atoms with Crippen LogP contribution in [0.4, 0.5) is 0 Å². The van der Waals surface area contributed by atoms with Gasteiger partial charge in [0.1, 0.15) is 12.7 Å². The highest BCUT2D eigenvalue weighted by Gasteiger charge is 2.13. The number of rotatable bonds is 5. The van der Waals surface area contributed by atoms with E-state index in [1.807, 2.05) is 43.3 Å². The molecule has 0 fully saturated rings. The molecular weight excluding hydrogens is 318 g/mol. The molecule has 0 bridgehead atoms. The minimum atomic E-state index is 0.400. The Kier molecular flexibility index (Phi) is 5.03. The molecule has 0 aliphatic heterocycles. The normalized spacial score (nSPS) is 9.85. The topological polar surface area (TPSA) is 42.2 Å². The van der Waals surface area contributed by atoms with E-state index in [9.17, 15) is 5.26 Å². The van der Waals surface area contributed by atoms with E-state index in [-0.39, 0.29) is 0 Å². The zero-order valence-corrected chi connectivity index (χ0v) is 12.7. The number of hydrogen-bond donors (Lipinski definition) is 0. The quantitative estimate of drug-likeness (QED) is 0.820. The Bertz CT molecular complexity index is 620. The van der Waals surface area contributed by atoms with E-state index in [0.29, 0.717) is 30.3 Å². The molecule has 20 heavy (non-hydrogen) atoms. The van der Waals surface area contributed by atoms with Gasteiger partial charge in [0.2, 0.25) is 0 Å². The van der Waals surface area contributed by atoms with Crippen LogP contribution in [-0.4, -0.2) is 6.61 Å². The summed E-state index contributed by atoms with van der Waals surface area (Å²) >= 11 is 3.37. The highest BCUT2D eigenvalue weighted by Crippen LogP contribution is 2.35. The average molecular weight is 332 g/mol. The second-order valence-electron chi connectivity index (χ2n) is 4.10. The molecule has 102 valence electrons. The Labute approximate surface area is 126 Å². The third-order valence-corrected chi connectivity index (χ3v) is 3.12. The van der Waals surface area contributed by atoms with Gasteiger partial charge in [0.15, 0.2) is 11.5 Å². The maximum absolute atomic E-state index is 9.23. The van der Waals surface area contributed by atoms with Crippen LogP contribution in [0.5, 0.6) is 11.5 Å². The van der Waals surface area contributed by atoms with E-state index < -0.39 is 0 Å². The van der Waals surface area contributed by atoms with Gasteiger partial charge in [0.05, 0.1) is 12.2 Å². The van der Waals surface area contributed by atoms with Gasteiger partial charge in [-0.05, 0) is 24.6 Å². The van der Waals surface area contributed by atoms with Crippen molar-refractivity contribution < 1.29 is 9.47 Å². The number of nitriles is 1. The van der Waals surface area contributed by atoms with Crippen molar-refractivity contribution in [1.29, 1.82) is 5.26 Å². The summed E-state index contributed by atoms with van der Waals surface area (Å²) < 4.78 is 12.1. The lowest BCUT2D eigenvalue weighted by atomic mass is 10.2. The first-order valence-electron chi connectivity index (χ1n) is 6.27. The van der Waals surface area contributed by atoms with Crippen LogP contribution in [0.3, 0.4) is 0 Å². The van der Waals surface area contributed by atoms with Gasteiger partial charge in [0, 0.05) is 4.47 Å². The van der Waals surface area contributed by atoms with Crippen LogP contribution >= 0.6 is 15.9 Å². The van der Waals surface area contributed by atoms with Crippen LogP contribution in [0.2, 0.25) is 0 Å². The number of hydrogen-bond acceptors (Lipinski definition) is 3.